The van der Waals surface area contributed by atoms with E-state index in [1.807, 2.05) is 10.8 Å². The van der Waals surface area contributed by atoms with Gasteiger partial charge in [-0.15, -0.1) is 0 Å². The Bertz CT molecular complexity index is 688. The highest BCUT2D eigenvalue weighted by molar-refractivity contribution is 5.46. The van der Waals surface area contributed by atoms with Crippen molar-refractivity contribution in [3.05, 3.63) is 78.6 Å². The summed E-state index contributed by atoms with van der Waals surface area (Å²) in [6.45, 7) is 2.08. The molecule has 3 rings (SSSR count). The highest BCUT2D eigenvalue weighted by Gasteiger charge is 2.06. The first-order valence-corrected chi connectivity index (χ1v) is 6.83. The van der Waals surface area contributed by atoms with Gasteiger partial charge in [0.2, 0.25) is 0 Å². The van der Waals surface area contributed by atoms with Gasteiger partial charge < -0.3 is 9.88 Å². The molecule has 0 radical (unpaired) electrons. The van der Waals surface area contributed by atoms with Crippen molar-refractivity contribution in [2.45, 2.75) is 13.0 Å². The van der Waals surface area contributed by atoms with Crippen LogP contribution in [0.1, 0.15) is 18.5 Å². The average molecular weight is 281 g/mol. The highest BCUT2D eigenvalue weighted by Crippen LogP contribution is 2.20. The van der Waals surface area contributed by atoms with Crippen molar-refractivity contribution >= 4 is 5.69 Å². The van der Waals surface area contributed by atoms with Crippen LogP contribution in [0.15, 0.2) is 67.3 Å². The molecule has 1 atom stereocenters. The monoisotopic (exact) mass is 281 g/mol. The minimum Gasteiger partial charge on any atom is -0.379 e. The average Bonchev–Trinajstić information content (AvgIpc) is 3.04. The molecule has 0 saturated carbocycles. The van der Waals surface area contributed by atoms with Crippen LogP contribution in [0.2, 0.25) is 0 Å². The lowest BCUT2D eigenvalue weighted by atomic mass is 10.1. The number of hydrogen-bond acceptors (Lipinski definition) is 2. The summed E-state index contributed by atoms with van der Waals surface area (Å²) in [5, 5.41) is 3.35. The number of aromatic nitrogens is 2. The van der Waals surface area contributed by atoms with Crippen molar-refractivity contribution in [3.63, 3.8) is 0 Å². The number of nitrogens with zero attached hydrogens (tertiary/aromatic N) is 2. The van der Waals surface area contributed by atoms with Gasteiger partial charge in [0, 0.05) is 29.8 Å². The van der Waals surface area contributed by atoms with Crippen molar-refractivity contribution in [2.75, 3.05) is 5.32 Å². The van der Waals surface area contributed by atoms with E-state index in [0.29, 0.717) is 0 Å². The summed E-state index contributed by atoms with van der Waals surface area (Å²) in [7, 11) is 0. The first-order chi connectivity index (χ1) is 10.2. The minimum absolute atomic E-state index is 0.146. The van der Waals surface area contributed by atoms with Gasteiger partial charge in [-0.1, -0.05) is 12.1 Å². The van der Waals surface area contributed by atoms with Crippen LogP contribution in [0.3, 0.4) is 0 Å². The molecule has 4 heteroatoms. The summed E-state index contributed by atoms with van der Waals surface area (Å²) in [6.07, 6.45) is 5.44. The number of anilines is 1. The van der Waals surface area contributed by atoms with Gasteiger partial charge in [0.15, 0.2) is 0 Å². The number of halogens is 1. The van der Waals surface area contributed by atoms with Crippen LogP contribution in [0, 0.1) is 5.82 Å². The Morgan fingerprint density at radius 2 is 1.76 bits per heavy atom. The predicted molar refractivity (Wildman–Crippen MR) is 82.0 cm³/mol. The molecule has 0 saturated heterocycles. The molecule has 1 N–H and O–H groups in total. The molecule has 0 amide bonds. The fourth-order valence-electron chi connectivity index (χ4n) is 2.23. The van der Waals surface area contributed by atoms with E-state index >= 15 is 0 Å². The Kier molecular flexibility index (Phi) is 3.69. The Labute approximate surface area is 123 Å². The molecule has 2 aromatic carbocycles. The Morgan fingerprint density at radius 1 is 1.05 bits per heavy atom. The molecule has 1 aromatic heterocycles. The summed E-state index contributed by atoms with van der Waals surface area (Å²) in [5.74, 6) is -0.224. The maximum Gasteiger partial charge on any atom is 0.123 e. The zero-order valence-corrected chi connectivity index (χ0v) is 11.7. The van der Waals surface area contributed by atoms with E-state index < -0.39 is 0 Å². The van der Waals surface area contributed by atoms with E-state index in [0.717, 1.165) is 11.4 Å². The molecule has 1 unspecified atom stereocenters. The van der Waals surface area contributed by atoms with Crippen molar-refractivity contribution in [1.82, 2.24) is 9.55 Å². The van der Waals surface area contributed by atoms with E-state index in [9.17, 15) is 4.39 Å². The second-order valence-corrected chi connectivity index (χ2v) is 4.93. The van der Waals surface area contributed by atoms with Crippen molar-refractivity contribution in [1.29, 1.82) is 0 Å². The molecule has 21 heavy (non-hydrogen) atoms. The first kappa shape index (κ1) is 13.4. The molecule has 106 valence electrons. The fraction of sp³-hybridized carbons (Fsp3) is 0.118. The molecule has 0 spiro atoms. The molecule has 0 fully saturated rings. The summed E-state index contributed by atoms with van der Waals surface area (Å²) in [4.78, 5) is 4.04. The third kappa shape index (κ3) is 3.11. The second-order valence-electron chi connectivity index (χ2n) is 4.93. The largest absolute Gasteiger partial charge is 0.379 e. The third-order valence-electron chi connectivity index (χ3n) is 3.42. The number of imidazole rings is 1. The van der Waals surface area contributed by atoms with Crippen LogP contribution < -0.4 is 5.32 Å². The van der Waals surface area contributed by atoms with E-state index in [1.165, 1.54) is 17.7 Å². The molecule has 0 aliphatic heterocycles. The van der Waals surface area contributed by atoms with Gasteiger partial charge in [-0.3, -0.25) is 0 Å². The molecule has 1 heterocycles. The normalized spacial score (nSPS) is 12.1. The number of benzene rings is 2. The molecule has 0 aliphatic rings. The fourth-order valence-corrected chi connectivity index (χ4v) is 2.23. The third-order valence-corrected chi connectivity index (χ3v) is 3.42. The highest BCUT2D eigenvalue weighted by atomic mass is 19.1. The Hall–Kier alpha value is -2.62. The maximum absolute atomic E-state index is 12.9. The van der Waals surface area contributed by atoms with E-state index in [1.54, 1.807) is 24.7 Å². The van der Waals surface area contributed by atoms with Crippen molar-refractivity contribution in [3.8, 4) is 5.69 Å². The lowest BCUT2D eigenvalue weighted by molar-refractivity contribution is 0.628. The summed E-state index contributed by atoms with van der Waals surface area (Å²) in [5.41, 5.74) is 3.15. The standard InChI is InChI=1S/C17H16FN3/c1-13(20-16-6-4-15(18)5-7-16)14-2-8-17(9-3-14)21-11-10-19-12-21/h2-13,20H,1H3. The van der Waals surface area contributed by atoms with E-state index in [2.05, 4.69) is 41.5 Å². The quantitative estimate of drug-likeness (QED) is 0.777. The Morgan fingerprint density at radius 3 is 2.38 bits per heavy atom. The summed E-state index contributed by atoms with van der Waals surface area (Å²) in [6, 6.07) is 14.8. The van der Waals surface area contributed by atoms with Gasteiger partial charge >= 0.3 is 0 Å². The van der Waals surface area contributed by atoms with Gasteiger partial charge in [-0.05, 0) is 48.9 Å². The molecule has 0 aliphatic carbocycles. The van der Waals surface area contributed by atoms with Gasteiger partial charge in [-0.2, -0.15) is 0 Å². The van der Waals surface area contributed by atoms with Crippen LogP contribution >= 0.6 is 0 Å². The topological polar surface area (TPSA) is 29.9 Å². The zero-order chi connectivity index (χ0) is 14.7. The minimum atomic E-state index is -0.224. The SMILES string of the molecule is CC(Nc1ccc(F)cc1)c1ccc(-n2ccnc2)cc1. The van der Waals surface area contributed by atoms with Crippen LogP contribution in [0.25, 0.3) is 5.69 Å². The number of rotatable bonds is 4. The maximum atomic E-state index is 12.9. The predicted octanol–water partition coefficient (Wildman–Crippen LogP) is 4.18. The summed E-state index contributed by atoms with van der Waals surface area (Å²) >= 11 is 0. The molecule has 3 nitrogen and oxygen atoms in total. The van der Waals surface area contributed by atoms with Gasteiger partial charge in [0.25, 0.3) is 0 Å². The second kappa shape index (κ2) is 5.79. The van der Waals surface area contributed by atoms with E-state index in [-0.39, 0.29) is 11.9 Å². The van der Waals surface area contributed by atoms with Crippen LogP contribution in [0.5, 0.6) is 0 Å². The first-order valence-electron chi connectivity index (χ1n) is 6.83. The van der Waals surface area contributed by atoms with Crippen molar-refractivity contribution < 1.29 is 4.39 Å². The van der Waals surface area contributed by atoms with E-state index in [4.69, 9.17) is 0 Å². The van der Waals surface area contributed by atoms with Crippen LogP contribution in [0.4, 0.5) is 10.1 Å². The smallest absolute Gasteiger partial charge is 0.123 e. The van der Waals surface area contributed by atoms with Gasteiger partial charge in [-0.25, -0.2) is 9.37 Å². The van der Waals surface area contributed by atoms with Crippen LogP contribution in [-0.2, 0) is 0 Å². The number of nitrogens with one attached hydrogen (secondary N) is 1. The molecular weight excluding hydrogens is 265 g/mol. The lowest BCUT2D eigenvalue weighted by Crippen LogP contribution is -2.06. The Balaban J connectivity index is 1.73. The molecule has 0 bridgehead atoms. The number of hydrogen-bond donors (Lipinski definition) is 1. The van der Waals surface area contributed by atoms with Crippen LogP contribution in [-0.4, -0.2) is 9.55 Å². The molecular formula is C17H16FN3. The zero-order valence-electron chi connectivity index (χ0n) is 11.7. The van der Waals surface area contributed by atoms with Crippen molar-refractivity contribution in [2.24, 2.45) is 0 Å². The molecule has 3 aromatic rings. The lowest BCUT2D eigenvalue weighted by Gasteiger charge is -2.16. The van der Waals surface area contributed by atoms with Gasteiger partial charge in [0.05, 0.1) is 6.33 Å². The van der Waals surface area contributed by atoms with Gasteiger partial charge in [0.1, 0.15) is 5.82 Å². The summed E-state index contributed by atoms with van der Waals surface area (Å²) < 4.78 is 14.9.